The highest BCUT2D eigenvalue weighted by Gasteiger charge is 2.09. The lowest BCUT2D eigenvalue weighted by Crippen LogP contribution is -2.28. The fourth-order valence-electron chi connectivity index (χ4n) is 1.93. The highest BCUT2D eigenvalue weighted by atomic mass is 32.2. The van der Waals surface area contributed by atoms with Gasteiger partial charge in [-0.25, -0.2) is 0 Å². The number of carbonyl (C=O) groups is 1. The molecule has 0 heterocycles. The molecule has 110 valence electrons. The zero-order chi connectivity index (χ0) is 15.1. The minimum atomic E-state index is 0.0233. The van der Waals surface area contributed by atoms with Gasteiger partial charge in [0.1, 0.15) is 5.75 Å². The average molecular weight is 301 g/mol. The Hall–Kier alpha value is -1.94. The van der Waals surface area contributed by atoms with Crippen LogP contribution in [0.1, 0.15) is 18.5 Å². The summed E-state index contributed by atoms with van der Waals surface area (Å²) in [5.74, 6) is 1.26. The second-order valence-electron chi connectivity index (χ2n) is 4.66. The number of ether oxygens (including phenoxy) is 1. The van der Waals surface area contributed by atoms with Gasteiger partial charge in [-0.1, -0.05) is 30.3 Å². The first-order valence-electron chi connectivity index (χ1n) is 6.80. The molecule has 0 spiro atoms. The van der Waals surface area contributed by atoms with Crippen LogP contribution >= 0.6 is 11.8 Å². The number of hydrogen-bond donors (Lipinski definition) is 1. The zero-order valence-electron chi connectivity index (χ0n) is 12.2. The fourth-order valence-corrected chi connectivity index (χ4v) is 2.64. The molecule has 0 aromatic heterocycles. The van der Waals surface area contributed by atoms with E-state index < -0.39 is 0 Å². The van der Waals surface area contributed by atoms with E-state index in [1.165, 1.54) is 11.8 Å². The van der Waals surface area contributed by atoms with E-state index in [0.717, 1.165) is 16.2 Å². The van der Waals surface area contributed by atoms with Crippen molar-refractivity contribution >= 4 is 17.7 Å². The predicted molar refractivity (Wildman–Crippen MR) is 86.7 cm³/mol. The summed E-state index contributed by atoms with van der Waals surface area (Å²) in [5, 5.41) is 3.00. The Bertz CT molecular complexity index is 569. The lowest BCUT2D eigenvalue weighted by Gasteiger charge is -2.14. The molecule has 0 saturated carbocycles. The first-order chi connectivity index (χ1) is 10.2. The molecule has 1 amide bonds. The van der Waals surface area contributed by atoms with E-state index in [0.29, 0.717) is 5.75 Å². The number of rotatable bonds is 6. The number of amides is 1. The molecule has 0 aliphatic rings. The third kappa shape index (κ3) is 4.83. The maximum Gasteiger partial charge on any atom is 0.230 e. The minimum Gasteiger partial charge on any atom is -0.497 e. The van der Waals surface area contributed by atoms with Crippen molar-refractivity contribution in [2.45, 2.75) is 17.9 Å². The van der Waals surface area contributed by atoms with Crippen LogP contribution in [-0.4, -0.2) is 18.8 Å². The molecule has 0 unspecified atom stereocenters. The van der Waals surface area contributed by atoms with E-state index >= 15 is 0 Å². The van der Waals surface area contributed by atoms with Gasteiger partial charge in [0.2, 0.25) is 5.91 Å². The van der Waals surface area contributed by atoms with Crippen LogP contribution in [0, 0.1) is 0 Å². The van der Waals surface area contributed by atoms with Gasteiger partial charge < -0.3 is 10.1 Å². The Kier molecular flexibility index (Phi) is 5.69. The quantitative estimate of drug-likeness (QED) is 0.827. The lowest BCUT2D eigenvalue weighted by molar-refractivity contribution is -0.119. The van der Waals surface area contributed by atoms with Gasteiger partial charge in [0.25, 0.3) is 0 Å². The summed E-state index contributed by atoms with van der Waals surface area (Å²) in [6.07, 6.45) is 0. The van der Waals surface area contributed by atoms with Gasteiger partial charge in [0, 0.05) is 4.90 Å². The monoisotopic (exact) mass is 301 g/mol. The number of methoxy groups -OCH3 is 1. The summed E-state index contributed by atoms with van der Waals surface area (Å²) in [6.45, 7) is 1.99. The van der Waals surface area contributed by atoms with Gasteiger partial charge in [-0.3, -0.25) is 4.79 Å². The van der Waals surface area contributed by atoms with Gasteiger partial charge in [0.15, 0.2) is 0 Å². The number of benzene rings is 2. The molecule has 1 atom stereocenters. The van der Waals surface area contributed by atoms with Crippen LogP contribution < -0.4 is 10.1 Å². The molecule has 0 saturated heterocycles. The van der Waals surface area contributed by atoms with Gasteiger partial charge in [-0.15, -0.1) is 11.8 Å². The second-order valence-corrected chi connectivity index (χ2v) is 5.71. The molecule has 21 heavy (non-hydrogen) atoms. The first kappa shape index (κ1) is 15.4. The number of carbonyl (C=O) groups excluding carboxylic acids is 1. The van der Waals surface area contributed by atoms with E-state index in [4.69, 9.17) is 4.74 Å². The zero-order valence-corrected chi connectivity index (χ0v) is 13.0. The molecule has 2 aromatic carbocycles. The van der Waals surface area contributed by atoms with E-state index in [-0.39, 0.29) is 11.9 Å². The van der Waals surface area contributed by atoms with Crippen LogP contribution in [0.5, 0.6) is 5.75 Å². The van der Waals surface area contributed by atoms with Crippen molar-refractivity contribution in [3.8, 4) is 5.75 Å². The summed E-state index contributed by atoms with van der Waals surface area (Å²) in [6, 6.07) is 17.7. The molecule has 2 aromatic rings. The van der Waals surface area contributed by atoms with Crippen LogP contribution in [0.2, 0.25) is 0 Å². The Balaban J connectivity index is 1.81. The molecular weight excluding hydrogens is 282 g/mol. The van der Waals surface area contributed by atoms with Crippen LogP contribution in [-0.2, 0) is 4.79 Å². The summed E-state index contributed by atoms with van der Waals surface area (Å²) in [7, 11) is 1.64. The summed E-state index contributed by atoms with van der Waals surface area (Å²) in [4.78, 5) is 13.0. The first-order valence-corrected chi connectivity index (χ1v) is 7.79. The van der Waals surface area contributed by atoms with Crippen molar-refractivity contribution in [1.82, 2.24) is 5.32 Å². The number of thioether (sulfide) groups is 1. The highest BCUT2D eigenvalue weighted by Crippen LogP contribution is 2.21. The van der Waals surface area contributed by atoms with E-state index in [2.05, 4.69) is 5.32 Å². The highest BCUT2D eigenvalue weighted by molar-refractivity contribution is 8.00. The van der Waals surface area contributed by atoms with E-state index in [9.17, 15) is 4.79 Å². The standard InChI is InChI=1S/C17H19NO2S/c1-13(14-6-4-3-5-7-14)18-17(19)12-21-16-10-8-15(20-2)9-11-16/h3-11,13H,12H2,1-2H3,(H,18,19)/t13-/m0/s1. The molecule has 3 nitrogen and oxygen atoms in total. The molecule has 1 N–H and O–H groups in total. The summed E-state index contributed by atoms with van der Waals surface area (Å²) in [5.41, 5.74) is 1.11. The largest absolute Gasteiger partial charge is 0.497 e. The molecule has 0 fully saturated rings. The van der Waals surface area contributed by atoms with Crippen LogP contribution in [0.25, 0.3) is 0 Å². The Morgan fingerprint density at radius 1 is 1.14 bits per heavy atom. The second kappa shape index (κ2) is 7.74. The molecule has 0 aliphatic heterocycles. The summed E-state index contributed by atoms with van der Waals surface area (Å²) < 4.78 is 5.11. The third-order valence-corrected chi connectivity index (χ3v) is 4.12. The summed E-state index contributed by atoms with van der Waals surface area (Å²) >= 11 is 1.52. The van der Waals surface area contributed by atoms with Crippen LogP contribution in [0.15, 0.2) is 59.5 Å². The van der Waals surface area contributed by atoms with Crippen molar-refractivity contribution in [3.63, 3.8) is 0 Å². The van der Waals surface area contributed by atoms with Crippen molar-refractivity contribution in [2.24, 2.45) is 0 Å². The maximum absolute atomic E-state index is 12.0. The SMILES string of the molecule is COc1ccc(SCC(=O)N[C@@H](C)c2ccccc2)cc1. The average Bonchev–Trinajstić information content (AvgIpc) is 2.54. The van der Waals surface area contributed by atoms with E-state index in [1.807, 2.05) is 61.5 Å². The molecule has 2 rings (SSSR count). The molecular formula is C17H19NO2S. The lowest BCUT2D eigenvalue weighted by atomic mass is 10.1. The molecule has 4 heteroatoms. The smallest absolute Gasteiger partial charge is 0.230 e. The number of nitrogens with one attached hydrogen (secondary N) is 1. The Labute approximate surface area is 129 Å². The topological polar surface area (TPSA) is 38.3 Å². The van der Waals surface area contributed by atoms with Crippen molar-refractivity contribution in [3.05, 3.63) is 60.2 Å². The fraction of sp³-hybridized carbons (Fsp3) is 0.235. The van der Waals surface area contributed by atoms with Gasteiger partial charge >= 0.3 is 0 Å². The van der Waals surface area contributed by atoms with Crippen molar-refractivity contribution in [1.29, 1.82) is 0 Å². The van der Waals surface area contributed by atoms with Gasteiger partial charge in [0.05, 0.1) is 18.9 Å². The van der Waals surface area contributed by atoms with Crippen LogP contribution in [0.3, 0.4) is 0 Å². The Morgan fingerprint density at radius 2 is 1.81 bits per heavy atom. The van der Waals surface area contributed by atoms with Crippen molar-refractivity contribution in [2.75, 3.05) is 12.9 Å². The van der Waals surface area contributed by atoms with Crippen molar-refractivity contribution < 1.29 is 9.53 Å². The molecule has 0 radical (unpaired) electrons. The molecule has 0 bridgehead atoms. The molecule has 0 aliphatic carbocycles. The van der Waals surface area contributed by atoms with E-state index in [1.54, 1.807) is 7.11 Å². The van der Waals surface area contributed by atoms with Gasteiger partial charge in [-0.2, -0.15) is 0 Å². The predicted octanol–water partition coefficient (Wildman–Crippen LogP) is 3.66. The number of hydrogen-bond acceptors (Lipinski definition) is 3. The van der Waals surface area contributed by atoms with Gasteiger partial charge in [-0.05, 0) is 36.8 Å². The maximum atomic E-state index is 12.0. The minimum absolute atomic E-state index is 0.0233. The normalized spacial score (nSPS) is 11.7. The third-order valence-electron chi connectivity index (χ3n) is 3.11. The van der Waals surface area contributed by atoms with Crippen LogP contribution in [0.4, 0.5) is 0 Å². The Morgan fingerprint density at radius 3 is 2.43 bits per heavy atom.